The molecule has 1 heterocycles. The molecule has 0 aliphatic carbocycles. The first-order valence-electron chi connectivity index (χ1n) is 7.19. The average Bonchev–Trinajstić information content (AvgIpc) is 3.03. The second-order valence-corrected chi connectivity index (χ2v) is 5.54. The smallest absolute Gasteiger partial charge is 0.247 e. The van der Waals surface area contributed by atoms with Crippen molar-refractivity contribution in [1.29, 1.82) is 0 Å². The summed E-state index contributed by atoms with van der Waals surface area (Å²) < 4.78 is 18.5. The third-order valence-electron chi connectivity index (χ3n) is 3.49. The Hall–Kier alpha value is -2.24. The van der Waals surface area contributed by atoms with E-state index in [-0.39, 0.29) is 11.9 Å². The van der Waals surface area contributed by atoms with Crippen molar-refractivity contribution < 1.29 is 8.81 Å². The molecule has 23 heavy (non-hydrogen) atoms. The minimum Gasteiger partial charge on any atom is -0.419 e. The van der Waals surface area contributed by atoms with Crippen LogP contribution >= 0.6 is 11.6 Å². The molecule has 4 nitrogen and oxygen atoms in total. The van der Waals surface area contributed by atoms with Crippen molar-refractivity contribution in [2.24, 2.45) is 0 Å². The molecule has 0 fully saturated rings. The van der Waals surface area contributed by atoms with Crippen molar-refractivity contribution in [2.45, 2.75) is 19.5 Å². The molecule has 1 atom stereocenters. The molecule has 0 aliphatic rings. The van der Waals surface area contributed by atoms with Crippen LogP contribution in [0.15, 0.2) is 52.9 Å². The van der Waals surface area contributed by atoms with E-state index in [1.165, 1.54) is 12.1 Å². The van der Waals surface area contributed by atoms with Gasteiger partial charge in [-0.15, -0.1) is 10.2 Å². The van der Waals surface area contributed by atoms with E-state index in [1.54, 1.807) is 12.1 Å². The van der Waals surface area contributed by atoms with E-state index < -0.39 is 0 Å². The van der Waals surface area contributed by atoms with Crippen LogP contribution in [-0.2, 0) is 6.54 Å². The van der Waals surface area contributed by atoms with Gasteiger partial charge in [-0.05, 0) is 42.8 Å². The SMILES string of the molecule is CC(NCc1nnc(-c2ccc(F)cc2)o1)c1ccccc1Cl. The summed E-state index contributed by atoms with van der Waals surface area (Å²) in [6.07, 6.45) is 0. The van der Waals surface area contributed by atoms with Gasteiger partial charge in [0.05, 0.1) is 6.54 Å². The van der Waals surface area contributed by atoms with Gasteiger partial charge in [-0.1, -0.05) is 29.8 Å². The number of hydrogen-bond acceptors (Lipinski definition) is 4. The van der Waals surface area contributed by atoms with Gasteiger partial charge in [0.1, 0.15) is 5.82 Å². The molecule has 2 aromatic carbocycles. The lowest BCUT2D eigenvalue weighted by Crippen LogP contribution is -2.18. The van der Waals surface area contributed by atoms with Gasteiger partial charge in [0.25, 0.3) is 0 Å². The molecule has 118 valence electrons. The topological polar surface area (TPSA) is 51.0 Å². The number of nitrogens with one attached hydrogen (secondary N) is 1. The highest BCUT2D eigenvalue weighted by Gasteiger charge is 2.12. The van der Waals surface area contributed by atoms with Crippen molar-refractivity contribution in [3.63, 3.8) is 0 Å². The summed E-state index contributed by atoms with van der Waals surface area (Å²) in [6.45, 7) is 2.43. The van der Waals surface area contributed by atoms with Crippen LogP contribution in [0.3, 0.4) is 0 Å². The second kappa shape index (κ2) is 6.89. The lowest BCUT2D eigenvalue weighted by atomic mass is 10.1. The van der Waals surface area contributed by atoms with Crippen LogP contribution < -0.4 is 5.32 Å². The molecular weight excluding hydrogens is 317 g/mol. The summed E-state index contributed by atoms with van der Waals surface area (Å²) >= 11 is 6.18. The molecular formula is C17H15ClFN3O. The van der Waals surface area contributed by atoms with Crippen LogP contribution in [0.4, 0.5) is 4.39 Å². The van der Waals surface area contributed by atoms with Crippen LogP contribution in [0.1, 0.15) is 24.4 Å². The van der Waals surface area contributed by atoms with E-state index in [9.17, 15) is 4.39 Å². The van der Waals surface area contributed by atoms with Crippen molar-refractivity contribution in [3.8, 4) is 11.5 Å². The van der Waals surface area contributed by atoms with Gasteiger partial charge in [-0.2, -0.15) is 0 Å². The zero-order valence-corrected chi connectivity index (χ0v) is 13.2. The maximum Gasteiger partial charge on any atom is 0.247 e. The molecule has 1 unspecified atom stereocenters. The van der Waals surface area contributed by atoms with Gasteiger partial charge < -0.3 is 9.73 Å². The predicted molar refractivity (Wildman–Crippen MR) is 86.4 cm³/mol. The first-order chi connectivity index (χ1) is 11.1. The zero-order valence-electron chi connectivity index (χ0n) is 12.5. The monoisotopic (exact) mass is 331 g/mol. The van der Waals surface area contributed by atoms with E-state index in [0.29, 0.717) is 28.9 Å². The molecule has 3 rings (SSSR count). The fourth-order valence-electron chi connectivity index (χ4n) is 2.21. The molecule has 1 aromatic heterocycles. The third-order valence-corrected chi connectivity index (χ3v) is 3.83. The first kappa shape index (κ1) is 15.6. The van der Waals surface area contributed by atoms with Gasteiger partial charge in [0, 0.05) is 16.6 Å². The van der Waals surface area contributed by atoms with Crippen LogP contribution in [0, 0.1) is 5.82 Å². The van der Waals surface area contributed by atoms with Crippen LogP contribution in [-0.4, -0.2) is 10.2 Å². The highest BCUT2D eigenvalue weighted by atomic mass is 35.5. The average molecular weight is 332 g/mol. The fraction of sp³-hybridized carbons (Fsp3) is 0.176. The number of nitrogens with zero attached hydrogens (tertiary/aromatic N) is 2. The van der Waals surface area contributed by atoms with E-state index >= 15 is 0 Å². The number of halogens is 2. The Bertz CT molecular complexity index is 789. The Labute approximate surface area is 138 Å². The molecule has 0 radical (unpaired) electrons. The standard InChI is InChI=1S/C17H15ClFN3O/c1-11(14-4-2-3-5-15(14)18)20-10-16-21-22-17(23-16)12-6-8-13(19)9-7-12/h2-9,11,20H,10H2,1H3. The van der Waals surface area contributed by atoms with Crippen molar-refractivity contribution in [1.82, 2.24) is 15.5 Å². The summed E-state index contributed by atoms with van der Waals surface area (Å²) in [5.74, 6) is 0.527. The van der Waals surface area contributed by atoms with Crippen molar-refractivity contribution in [3.05, 3.63) is 70.8 Å². The van der Waals surface area contributed by atoms with Gasteiger partial charge in [0.15, 0.2) is 0 Å². The molecule has 0 amide bonds. The summed E-state index contributed by atoms with van der Waals surface area (Å²) in [4.78, 5) is 0. The van der Waals surface area contributed by atoms with E-state index in [4.69, 9.17) is 16.0 Å². The number of hydrogen-bond donors (Lipinski definition) is 1. The lowest BCUT2D eigenvalue weighted by Gasteiger charge is -2.14. The zero-order chi connectivity index (χ0) is 16.2. The quantitative estimate of drug-likeness (QED) is 0.753. The normalized spacial score (nSPS) is 12.3. The molecule has 0 saturated carbocycles. The van der Waals surface area contributed by atoms with Gasteiger partial charge in [-0.25, -0.2) is 4.39 Å². The highest BCUT2D eigenvalue weighted by molar-refractivity contribution is 6.31. The van der Waals surface area contributed by atoms with Gasteiger partial charge in [0.2, 0.25) is 11.8 Å². The Balaban J connectivity index is 1.65. The Morgan fingerprint density at radius 2 is 1.87 bits per heavy atom. The summed E-state index contributed by atoms with van der Waals surface area (Å²) in [6, 6.07) is 13.6. The Kier molecular flexibility index (Phi) is 4.69. The highest BCUT2D eigenvalue weighted by Crippen LogP contribution is 2.23. The minimum absolute atomic E-state index is 0.0462. The molecule has 0 spiro atoms. The van der Waals surface area contributed by atoms with E-state index in [2.05, 4.69) is 15.5 Å². The molecule has 3 aromatic rings. The largest absolute Gasteiger partial charge is 0.419 e. The minimum atomic E-state index is -0.302. The third kappa shape index (κ3) is 3.75. The van der Waals surface area contributed by atoms with Crippen molar-refractivity contribution in [2.75, 3.05) is 0 Å². The molecule has 1 N–H and O–H groups in total. The second-order valence-electron chi connectivity index (χ2n) is 5.13. The molecule has 0 aliphatic heterocycles. The lowest BCUT2D eigenvalue weighted by molar-refractivity contribution is 0.454. The predicted octanol–water partition coefficient (Wildman–Crippen LogP) is 4.38. The molecule has 6 heteroatoms. The maximum atomic E-state index is 12.9. The van der Waals surface area contributed by atoms with Crippen molar-refractivity contribution >= 4 is 11.6 Å². The molecule has 0 bridgehead atoms. The Morgan fingerprint density at radius 3 is 2.61 bits per heavy atom. The summed E-state index contributed by atoms with van der Waals surface area (Å²) in [5, 5.41) is 12.0. The fourth-order valence-corrected chi connectivity index (χ4v) is 2.51. The van der Waals surface area contributed by atoms with Gasteiger partial charge in [-0.3, -0.25) is 0 Å². The Morgan fingerprint density at radius 1 is 1.13 bits per heavy atom. The van der Waals surface area contributed by atoms with E-state index in [0.717, 1.165) is 5.56 Å². The number of aromatic nitrogens is 2. The number of benzene rings is 2. The summed E-state index contributed by atoms with van der Waals surface area (Å²) in [5.41, 5.74) is 1.69. The molecule has 0 saturated heterocycles. The maximum absolute atomic E-state index is 12.9. The van der Waals surface area contributed by atoms with Gasteiger partial charge >= 0.3 is 0 Å². The van der Waals surface area contributed by atoms with Crippen LogP contribution in [0.25, 0.3) is 11.5 Å². The first-order valence-corrected chi connectivity index (χ1v) is 7.57. The number of rotatable bonds is 5. The van der Waals surface area contributed by atoms with Crippen LogP contribution in [0.5, 0.6) is 0 Å². The van der Waals surface area contributed by atoms with Crippen LogP contribution in [0.2, 0.25) is 5.02 Å². The summed E-state index contributed by atoms with van der Waals surface area (Å²) in [7, 11) is 0. The van der Waals surface area contributed by atoms with E-state index in [1.807, 2.05) is 31.2 Å².